The van der Waals surface area contributed by atoms with Crippen molar-refractivity contribution in [2.45, 2.75) is 26.8 Å². The molecule has 0 aliphatic carbocycles. The second-order valence-corrected chi connectivity index (χ2v) is 7.24. The van der Waals surface area contributed by atoms with Crippen molar-refractivity contribution in [1.29, 1.82) is 0 Å². The van der Waals surface area contributed by atoms with Crippen molar-refractivity contribution in [3.63, 3.8) is 0 Å². The Bertz CT molecular complexity index is 992. The minimum absolute atomic E-state index is 0.250. The Morgan fingerprint density at radius 1 is 1.36 bits per heavy atom. The standard InChI is InChI=1S/C18H17ClN2O3S/c1-4-24-18(23)10(2)21-9-20-16-15(17(21)22)14(11(3)25-16)12-5-7-13(19)8-6-12/h5-10H,4H2,1-3H3/t10-/m0/s1. The van der Waals surface area contributed by atoms with E-state index in [4.69, 9.17) is 16.3 Å². The topological polar surface area (TPSA) is 61.2 Å². The molecule has 0 aliphatic rings. The zero-order valence-corrected chi connectivity index (χ0v) is 15.6. The second-order valence-electron chi connectivity index (χ2n) is 5.61. The lowest BCUT2D eigenvalue weighted by molar-refractivity contribution is -0.146. The van der Waals surface area contributed by atoms with Gasteiger partial charge in [-0.25, -0.2) is 9.78 Å². The molecule has 3 rings (SSSR count). The first-order chi connectivity index (χ1) is 11.9. The summed E-state index contributed by atoms with van der Waals surface area (Å²) in [6, 6.07) is 6.60. The highest BCUT2D eigenvalue weighted by Gasteiger charge is 2.22. The van der Waals surface area contributed by atoms with E-state index < -0.39 is 12.0 Å². The third kappa shape index (κ3) is 3.19. The van der Waals surface area contributed by atoms with Gasteiger partial charge in [-0.15, -0.1) is 11.3 Å². The molecule has 2 aromatic heterocycles. The van der Waals surface area contributed by atoms with Crippen molar-refractivity contribution in [1.82, 2.24) is 9.55 Å². The van der Waals surface area contributed by atoms with Gasteiger partial charge in [0, 0.05) is 15.5 Å². The second kappa shape index (κ2) is 6.98. The van der Waals surface area contributed by atoms with Gasteiger partial charge in [0.05, 0.1) is 18.3 Å². The van der Waals surface area contributed by atoms with Crippen molar-refractivity contribution >= 4 is 39.1 Å². The minimum Gasteiger partial charge on any atom is -0.464 e. The van der Waals surface area contributed by atoms with Crippen LogP contribution in [-0.2, 0) is 9.53 Å². The molecule has 0 unspecified atom stereocenters. The zero-order chi connectivity index (χ0) is 18.1. The van der Waals surface area contributed by atoms with Gasteiger partial charge >= 0.3 is 5.97 Å². The fourth-order valence-corrected chi connectivity index (χ4v) is 3.86. The van der Waals surface area contributed by atoms with Gasteiger partial charge in [-0.3, -0.25) is 9.36 Å². The van der Waals surface area contributed by atoms with E-state index in [1.54, 1.807) is 26.0 Å². The van der Waals surface area contributed by atoms with Crippen LogP contribution < -0.4 is 5.56 Å². The number of carbonyl (C=O) groups is 1. The zero-order valence-electron chi connectivity index (χ0n) is 14.1. The van der Waals surface area contributed by atoms with Crippen LogP contribution in [0.4, 0.5) is 0 Å². The molecule has 0 aliphatic heterocycles. The molecule has 7 heteroatoms. The van der Waals surface area contributed by atoms with E-state index in [0.29, 0.717) is 15.2 Å². The molecule has 5 nitrogen and oxygen atoms in total. The minimum atomic E-state index is -0.734. The van der Waals surface area contributed by atoms with Gasteiger partial charge in [-0.2, -0.15) is 0 Å². The van der Waals surface area contributed by atoms with Crippen molar-refractivity contribution in [2.75, 3.05) is 6.61 Å². The number of fused-ring (bicyclic) bond motifs is 1. The number of aryl methyl sites for hydroxylation is 1. The number of rotatable bonds is 4. The van der Waals surface area contributed by atoms with Crippen LogP contribution in [0.3, 0.4) is 0 Å². The average molecular weight is 377 g/mol. The number of aromatic nitrogens is 2. The first-order valence-corrected chi connectivity index (χ1v) is 9.06. The molecule has 2 heterocycles. The SMILES string of the molecule is CCOC(=O)[C@H](C)n1cnc2sc(C)c(-c3ccc(Cl)cc3)c2c1=O. The van der Waals surface area contributed by atoms with Crippen LogP contribution >= 0.6 is 22.9 Å². The molecule has 0 N–H and O–H groups in total. The molecule has 0 spiro atoms. The number of thiophene rings is 1. The van der Waals surface area contributed by atoms with Gasteiger partial charge in [0.2, 0.25) is 0 Å². The number of ether oxygens (including phenoxy) is 1. The summed E-state index contributed by atoms with van der Waals surface area (Å²) in [4.78, 5) is 31.1. The smallest absolute Gasteiger partial charge is 0.328 e. The summed E-state index contributed by atoms with van der Waals surface area (Å²) in [6.45, 7) is 5.58. The van der Waals surface area contributed by atoms with Gasteiger partial charge in [-0.1, -0.05) is 23.7 Å². The Labute approximate surface area is 153 Å². The van der Waals surface area contributed by atoms with Crippen LogP contribution in [0.15, 0.2) is 35.4 Å². The van der Waals surface area contributed by atoms with Gasteiger partial charge in [0.1, 0.15) is 10.9 Å². The molecule has 1 aromatic carbocycles. The van der Waals surface area contributed by atoms with E-state index in [1.807, 2.05) is 19.1 Å². The summed E-state index contributed by atoms with van der Waals surface area (Å²) in [7, 11) is 0. The summed E-state index contributed by atoms with van der Waals surface area (Å²) in [5.41, 5.74) is 1.48. The molecule has 130 valence electrons. The molecule has 0 radical (unpaired) electrons. The van der Waals surface area contributed by atoms with E-state index in [-0.39, 0.29) is 12.2 Å². The Morgan fingerprint density at radius 3 is 2.68 bits per heavy atom. The normalized spacial score (nSPS) is 12.3. The van der Waals surface area contributed by atoms with Crippen LogP contribution in [-0.4, -0.2) is 22.1 Å². The van der Waals surface area contributed by atoms with Gasteiger partial charge < -0.3 is 4.74 Å². The van der Waals surface area contributed by atoms with Crippen molar-refractivity contribution in [3.05, 3.63) is 50.8 Å². The monoisotopic (exact) mass is 376 g/mol. The van der Waals surface area contributed by atoms with E-state index in [0.717, 1.165) is 16.0 Å². The van der Waals surface area contributed by atoms with Crippen molar-refractivity contribution in [3.8, 4) is 11.1 Å². The number of esters is 1. The molecular formula is C18H17ClN2O3S. The van der Waals surface area contributed by atoms with E-state index in [1.165, 1.54) is 22.2 Å². The lowest BCUT2D eigenvalue weighted by Crippen LogP contribution is -2.29. The summed E-state index contributed by atoms with van der Waals surface area (Å²) < 4.78 is 6.35. The fourth-order valence-electron chi connectivity index (χ4n) is 2.73. The number of hydrogen-bond acceptors (Lipinski definition) is 5. The van der Waals surface area contributed by atoms with Crippen LogP contribution in [0.2, 0.25) is 5.02 Å². The molecular weight excluding hydrogens is 360 g/mol. The van der Waals surface area contributed by atoms with Gasteiger partial charge in [0.15, 0.2) is 0 Å². The molecule has 0 bridgehead atoms. The fraction of sp³-hybridized carbons (Fsp3) is 0.278. The van der Waals surface area contributed by atoms with Crippen LogP contribution in [0.5, 0.6) is 0 Å². The molecule has 0 fully saturated rings. The first-order valence-electron chi connectivity index (χ1n) is 7.86. The maximum absolute atomic E-state index is 13.0. The molecule has 0 amide bonds. The number of carbonyl (C=O) groups excluding carboxylic acids is 1. The van der Waals surface area contributed by atoms with Crippen LogP contribution in [0, 0.1) is 6.92 Å². The summed E-state index contributed by atoms with van der Waals surface area (Å²) >= 11 is 7.42. The molecule has 1 atom stereocenters. The molecule has 3 aromatic rings. The van der Waals surface area contributed by atoms with Crippen LogP contribution in [0.1, 0.15) is 24.8 Å². The van der Waals surface area contributed by atoms with Gasteiger partial charge in [0.25, 0.3) is 5.56 Å². The number of halogens is 1. The Kier molecular flexibility index (Phi) is 4.92. The Hall–Kier alpha value is -2.18. The quantitative estimate of drug-likeness (QED) is 0.640. The summed E-state index contributed by atoms with van der Waals surface area (Å²) in [5, 5.41) is 1.15. The highest BCUT2D eigenvalue weighted by Crippen LogP contribution is 2.36. The van der Waals surface area contributed by atoms with Crippen LogP contribution in [0.25, 0.3) is 21.3 Å². The number of hydrogen-bond donors (Lipinski definition) is 0. The first kappa shape index (κ1) is 17.6. The highest BCUT2D eigenvalue weighted by molar-refractivity contribution is 7.19. The maximum atomic E-state index is 13.0. The largest absolute Gasteiger partial charge is 0.464 e. The molecule has 0 saturated carbocycles. The maximum Gasteiger partial charge on any atom is 0.328 e. The van der Waals surface area contributed by atoms with Crippen molar-refractivity contribution in [2.24, 2.45) is 0 Å². The number of nitrogens with zero attached hydrogens (tertiary/aromatic N) is 2. The predicted molar refractivity (Wildman–Crippen MR) is 100 cm³/mol. The third-order valence-electron chi connectivity index (χ3n) is 3.99. The third-order valence-corrected chi connectivity index (χ3v) is 5.26. The highest BCUT2D eigenvalue weighted by atomic mass is 35.5. The predicted octanol–water partition coefficient (Wildman–Crippen LogP) is 4.21. The summed E-state index contributed by atoms with van der Waals surface area (Å²) in [5.74, 6) is -0.453. The summed E-state index contributed by atoms with van der Waals surface area (Å²) in [6.07, 6.45) is 1.41. The van der Waals surface area contributed by atoms with E-state index in [2.05, 4.69) is 4.98 Å². The van der Waals surface area contributed by atoms with Gasteiger partial charge in [-0.05, 0) is 38.5 Å². The lowest BCUT2D eigenvalue weighted by Gasteiger charge is -2.13. The average Bonchev–Trinajstić information content (AvgIpc) is 2.92. The Balaban J connectivity index is 2.21. The number of benzene rings is 1. The lowest BCUT2D eigenvalue weighted by atomic mass is 10.0. The molecule has 0 saturated heterocycles. The Morgan fingerprint density at radius 2 is 2.04 bits per heavy atom. The van der Waals surface area contributed by atoms with Crippen molar-refractivity contribution < 1.29 is 9.53 Å². The van der Waals surface area contributed by atoms with E-state index >= 15 is 0 Å². The molecule has 25 heavy (non-hydrogen) atoms. The van der Waals surface area contributed by atoms with E-state index in [9.17, 15) is 9.59 Å².